The zero-order valence-electron chi connectivity index (χ0n) is 21.9. The maximum atomic E-state index is 13.8. The molecule has 1 aromatic heterocycles. The Hall–Kier alpha value is -3.60. The average molecular weight is 590 g/mol. The first kappa shape index (κ1) is 27.9. The van der Waals surface area contributed by atoms with Crippen LogP contribution >= 0.6 is 32.9 Å². The van der Waals surface area contributed by atoms with Crippen molar-refractivity contribution < 1.29 is 19.1 Å². The number of β-lactam (4-membered cyclic amide) rings is 1. The van der Waals surface area contributed by atoms with E-state index in [1.54, 1.807) is 18.3 Å². The number of nitrogens with one attached hydrogen (secondary N) is 1. The standard InChI is InChI=1S/C30H27N3O4S3/c1-18(2)25(29(36)37-26(20-12-6-4-7-13-20)21-14-8-5-9-15-21)33-27(35)24(31-19(3)34)28(33)39-40-30-32-22-16-10-11-17-23(22)38-30/h4-17,24-26,28H,1H2,2-3H3,(H,31,34)/t24-,25-,28-/m1/s1. The summed E-state index contributed by atoms with van der Waals surface area (Å²) >= 11 is 1.55. The molecule has 4 aromatic rings. The molecule has 7 nitrogen and oxygen atoms in total. The molecule has 0 saturated carbocycles. The van der Waals surface area contributed by atoms with Gasteiger partial charge in [0.2, 0.25) is 11.8 Å². The highest BCUT2D eigenvalue weighted by atomic mass is 33.1. The maximum absolute atomic E-state index is 13.8. The number of para-hydroxylation sites is 1. The third-order valence-electron chi connectivity index (χ3n) is 6.34. The number of aromatic nitrogens is 1. The lowest BCUT2D eigenvalue weighted by atomic mass is 9.98. The van der Waals surface area contributed by atoms with E-state index in [4.69, 9.17) is 4.74 Å². The quantitative estimate of drug-likeness (QED) is 0.105. The van der Waals surface area contributed by atoms with Crippen molar-refractivity contribution in [2.75, 3.05) is 0 Å². The summed E-state index contributed by atoms with van der Waals surface area (Å²) in [5.74, 6) is -1.27. The second-order valence-electron chi connectivity index (χ2n) is 9.33. The second kappa shape index (κ2) is 12.3. The number of benzene rings is 3. The summed E-state index contributed by atoms with van der Waals surface area (Å²) in [7, 11) is 2.79. The van der Waals surface area contributed by atoms with Crippen LogP contribution in [0, 0.1) is 0 Å². The highest BCUT2D eigenvalue weighted by Gasteiger charge is 2.54. The van der Waals surface area contributed by atoms with Gasteiger partial charge in [-0.1, -0.05) is 90.2 Å². The van der Waals surface area contributed by atoms with Gasteiger partial charge in [-0.3, -0.25) is 9.59 Å². The van der Waals surface area contributed by atoms with Gasteiger partial charge < -0.3 is 15.0 Å². The number of hydrogen-bond donors (Lipinski definition) is 1. The summed E-state index contributed by atoms with van der Waals surface area (Å²) in [6, 6.07) is 25.0. The Morgan fingerprint density at radius 1 is 0.975 bits per heavy atom. The summed E-state index contributed by atoms with van der Waals surface area (Å²) in [6.07, 6.45) is -0.664. The van der Waals surface area contributed by atoms with E-state index < -0.39 is 29.5 Å². The van der Waals surface area contributed by atoms with Crippen LogP contribution in [0.3, 0.4) is 0 Å². The van der Waals surface area contributed by atoms with Gasteiger partial charge in [0.1, 0.15) is 11.4 Å². The number of hydrogen-bond acceptors (Lipinski definition) is 8. The van der Waals surface area contributed by atoms with Crippen LogP contribution in [0.4, 0.5) is 0 Å². The average Bonchev–Trinajstić information content (AvgIpc) is 3.38. The molecule has 2 heterocycles. The van der Waals surface area contributed by atoms with Gasteiger partial charge in [0.15, 0.2) is 16.5 Å². The number of thiazole rings is 1. The third kappa shape index (κ3) is 5.94. The molecular formula is C30H27N3O4S3. The van der Waals surface area contributed by atoms with E-state index in [1.165, 1.54) is 33.4 Å². The van der Waals surface area contributed by atoms with E-state index in [1.807, 2.05) is 84.9 Å². The predicted octanol–water partition coefficient (Wildman–Crippen LogP) is 5.99. The molecule has 0 bridgehead atoms. The van der Waals surface area contributed by atoms with Gasteiger partial charge in [-0.05, 0) is 46.6 Å². The summed E-state index contributed by atoms with van der Waals surface area (Å²) < 4.78 is 7.98. The minimum atomic E-state index is -1.03. The highest BCUT2D eigenvalue weighted by molar-refractivity contribution is 8.77. The molecule has 5 rings (SSSR count). The van der Waals surface area contributed by atoms with Gasteiger partial charge in [0.05, 0.1) is 10.2 Å². The number of likely N-dealkylation sites (tertiary alicyclic amines) is 1. The minimum Gasteiger partial charge on any atom is -0.451 e. The van der Waals surface area contributed by atoms with E-state index in [0.29, 0.717) is 5.57 Å². The first-order chi connectivity index (χ1) is 19.3. The van der Waals surface area contributed by atoms with Crippen molar-refractivity contribution in [2.24, 2.45) is 0 Å². The van der Waals surface area contributed by atoms with Crippen LogP contribution in [-0.2, 0) is 19.1 Å². The molecule has 1 aliphatic rings. The monoisotopic (exact) mass is 589 g/mol. The Kier molecular flexibility index (Phi) is 8.58. The molecule has 0 unspecified atom stereocenters. The number of esters is 1. The van der Waals surface area contributed by atoms with Crippen LogP contribution in [0.15, 0.2) is 101 Å². The molecule has 2 amide bonds. The first-order valence-corrected chi connectivity index (χ1v) is 15.6. The Morgan fingerprint density at radius 3 is 2.15 bits per heavy atom. The molecule has 3 aromatic carbocycles. The maximum Gasteiger partial charge on any atom is 0.334 e. The topological polar surface area (TPSA) is 88.6 Å². The second-order valence-corrected chi connectivity index (χ2v) is 12.9. The SMILES string of the molecule is C=C(C)[C@H](C(=O)OC(c1ccccc1)c1ccccc1)N1C(=O)[C@@H](NC(C)=O)[C@H]1SSc1nc2ccccc2s1. The molecule has 0 spiro atoms. The van der Waals surface area contributed by atoms with Gasteiger partial charge in [0, 0.05) is 6.92 Å². The Bertz CT molecular complexity index is 1470. The number of amides is 2. The lowest BCUT2D eigenvalue weighted by molar-refractivity contribution is -0.165. The number of carbonyl (C=O) groups excluding carboxylic acids is 3. The first-order valence-electron chi connectivity index (χ1n) is 12.6. The number of carbonyl (C=O) groups is 3. The Balaban J connectivity index is 1.40. The van der Waals surface area contributed by atoms with Crippen LogP contribution < -0.4 is 5.32 Å². The lowest BCUT2D eigenvalue weighted by Gasteiger charge is -2.49. The van der Waals surface area contributed by atoms with Gasteiger partial charge in [0.25, 0.3) is 0 Å². The molecule has 40 heavy (non-hydrogen) atoms. The molecule has 10 heteroatoms. The van der Waals surface area contributed by atoms with Crippen LogP contribution in [0.2, 0.25) is 0 Å². The van der Waals surface area contributed by atoms with Crippen LogP contribution in [0.5, 0.6) is 0 Å². The molecule has 1 saturated heterocycles. The fraction of sp³-hybridized carbons (Fsp3) is 0.200. The van der Waals surface area contributed by atoms with Crippen molar-refractivity contribution >= 4 is 60.9 Å². The zero-order valence-corrected chi connectivity index (χ0v) is 24.3. The Labute approximate surface area is 244 Å². The largest absolute Gasteiger partial charge is 0.451 e. The number of ether oxygens (including phenoxy) is 1. The number of fused-ring (bicyclic) bond motifs is 1. The fourth-order valence-corrected chi connectivity index (χ4v) is 8.47. The normalized spacial score (nSPS) is 17.4. The number of nitrogens with zero attached hydrogens (tertiary/aromatic N) is 2. The summed E-state index contributed by atoms with van der Waals surface area (Å²) in [4.78, 5) is 45.2. The summed E-state index contributed by atoms with van der Waals surface area (Å²) in [5, 5.41) is 2.20. The van der Waals surface area contributed by atoms with Gasteiger partial charge >= 0.3 is 5.97 Å². The summed E-state index contributed by atoms with van der Waals surface area (Å²) in [5.41, 5.74) is 2.98. The molecule has 1 fully saturated rings. The highest BCUT2D eigenvalue weighted by Crippen LogP contribution is 2.45. The van der Waals surface area contributed by atoms with Crippen molar-refractivity contribution in [1.82, 2.24) is 15.2 Å². The zero-order chi connectivity index (χ0) is 28.2. The lowest BCUT2D eigenvalue weighted by Crippen LogP contribution is -2.72. The van der Waals surface area contributed by atoms with E-state index in [2.05, 4.69) is 16.9 Å². The fourth-order valence-electron chi connectivity index (χ4n) is 4.51. The molecule has 3 atom stereocenters. The van der Waals surface area contributed by atoms with Crippen LogP contribution in [0.25, 0.3) is 10.2 Å². The van der Waals surface area contributed by atoms with Crippen LogP contribution in [-0.4, -0.2) is 45.1 Å². The molecule has 1 aliphatic heterocycles. The van der Waals surface area contributed by atoms with Crippen molar-refractivity contribution in [2.45, 2.75) is 41.7 Å². The molecular weight excluding hydrogens is 563 g/mol. The molecule has 0 aliphatic carbocycles. The van der Waals surface area contributed by atoms with Crippen molar-refractivity contribution in [3.05, 3.63) is 108 Å². The predicted molar refractivity (Wildman–Crippen MR) is 161 cm³/mol. The van der Waals surface area contributed by atoms with Crippen LogP contribution in [0.1, 0.15) is 31.1 Å². The van der Waals surface area contributed by atoms with E-state index in [-0.39, 0.29) is 11.8 Å². The van der Waals surface area contributed by atoms with E-state index in [9.17, 15) is 14.4 Å². The molecule has 204 valence electrons. The van der Waals surface area contributed by atoms with Crippen molar-refractivity contribution in [3.63, 3.8) is 0 Å². The smallest absolute Gasteiger partial charge is 0.334 e. The molecule has 0 radical (unpaired) electrons. The van der Waals surface area contributed by atoms with Gasteiger partial charge in [-0.2, -0.15) is 0 Å². The Morgan fingerprint density at radius 2 is 1.57 bits per heavy atom. The van der Waals surface area contributed by atoms with E-state index >= 15 is 0 Å². The number of rotatable bonds is 10. The van der Waals surface area contributed by atoms with Crippen molar-refractivity contribution in [3.8, 4) is 0 Å². The van der Waals surface area contributed by atoms with E-state index in [0.717, 1.165) is 25.7 Å². The third-order valence-corrected chi connectivity index (χ3v) is 10.4. The summed E-state index contributed by atoms with van der Waals surface area (Å²) in [6.45, 7) is 7.10. The molecule has 1 N–H and O–H groups in total. The minimum absolute atomic E-state index is 0.323. The van der Waals surface area contributed by atoms with Crippen molar-refractivity contribution in [1.29, 1.82) is 0 Å². The van der Waals surface area contributed by atoms with Gasteiger partial charge in [-0.15, -0.1) is 11.3 Å². The van der Waals surface area contributed by atoms with Gasteiger partial charge in [-0.25, -0.2) is 9.78 Å².